The zero-order valence-electron chi connectivity index (χ0n) is 8.01. The largest absolute Gasteiger partial charge is 0.396 e. The number of likely N-dealkylation sites (tertiary alicyclic amines) is 1. The molecule has 0 aromatic rings. The molecule has 1 aliphatic heterocycles. The van der Waals surface area contributed by atoms with Crippen LogP contribution in [-0.4, -0.2) is 35.7 Å². The van der Waals surface area contributed by atoms with Crippen LogP contribution < -0.4 is 0 Å². The zero-order valence-corrected chi connectivity index (χ0v) is 9.59. The van der Waals surface area contributed by atoms with E-state index in [1.807, 2.05) is 0 Å². The Morgan fingerprint density at radius 3 is 2.92 bits per heavy atom. The van der Waals surface area contributed by atoms with Gasteiger partial charge in [-0.05, 0) is 25.8 Å². The molecule has 1 fully saturated rings. The van der Waals surface area contributed by atoms with Crippen LogP contribution in [0, 0.1) is 0 Å². The highest BCUT2D eigenvalue weighted by molar-refractivity contribution is 9.11. The maximum Gasteiger partial charge on any atom is 0.0445 e. The van der Waals surface area contributed by atoms with Crippen LogP contribution >= 0.6 is 15.9 Å². The standard InChI is InChI=1S/C10H18BrNO/c1-9(11)8-12-6-3-2-4-10(12)5-7-13/h10,13H,1-8H2. The molecule has 0 spiro atoms. The summed E-state index contributed by atoms with van der Waals surface area (Å²) < 4.78 is 1.04. The Kier molecular flexibility index (Phi) is 4.99. The van der Waals surface area contributed by atoms with Gasteiger partial charge in [-0.2, -0.15) is 0 Å². The van der Waals surface area contributed by atoms with Gasteiger partial charge in [0.1, 0.15) is 0 Å². The Labute approximate surface area is 88.7 Å². The zero-order chi connectivity index (χ0) is 9.68. The average Bonchev–Trinajstić information content (AvgIpc) is 2.08. The van der Waals surface area contributed by atoms with Gasteiger partial charge in [0.15, 0.2) is 0 Å². The maximum atomic E-state index is 8.91. The second-order valence-corrected chi connectivity index (χ2v) is 4.77. The van der Waals surface area contributed by atoms with Crippen LogP contribution in [0.15, 0.2) is 11.1 Å². The highest BCUT2D eigenvalue weighted by Gasteiger charge is 2.21. The summed E-state index contributed by atoms with van der Waals surface area (Å²) in [4.78, 5) is 2.41. The Hall–Kier alpha value is 0.140. The van der Waals surface area contributed by atoms with Crippen molar-refractivity contribution in [1.29, 1.82) is 0 Å². The molecule has 3 heteroatoms. The molecule has 0 aliphatic carbocycles. The molecule has 0 radical (unpaired) electrons. The third-order valence-corrected chi connectivity index (χ3v) is 2.84. The van der Waals surface area contributed by atoms with E-state index in [0.29, 0.717) is 12.6 Å². The Morgan fingerprint density at radius 1 is 1.54 bits per heavy atom. The fourth-order valence-electron chi connectivity index (χ4n) is 1.96. The summed E-state index contributed by atoms with van der Waals surface area (Å²) in [7, 11) is 0. The Bertz CT molecular complexity index is 170. The van der Waals surface area contributed by atoms with Gasteiger partial charge in [-0.15, -0.1) is 0 Å². The number of aliphatic hydroxyl groups is 1. The smallest absolute Gasteiger partial charge is 0.0445 e. The highest BCUT2D eigenvalue weighted by atomic mass is 79.9. The number of rotatable bonds is 4. The van der Waals surface area contributed by atoms with Crippen LogP contribution in [0.25, 0.3) is 0 Å². The van der Waals surface area contributed by atoms with E-state index in [4.69, 9.17) is 5.11 Å². The fourth-order valence-corrected chi connectivity index (χ4v) is 2.29. The fraction of sp³-hybridized carbons (Fsp3) is 0.800. The molecule has 1 N–H and O–H groups in total. The summed E-state index contributed by atoms with van der Waals surface area (Å²) in [5.74, 6) is 0. The predicted octanol–water partition coefficient (Wildman–Crippen LogP) is 2.13. The first-order valence-corrected chi connectivity index (χ1v) is 5.71. The molecule has 13 heavy (non-hydrogen) atoms. The predicted molar refractivity (Wildman–Crippen MR) is 59.0 cm³/mol. The van der Waals surface area contributed by atoms with Crippen molar-refractivity contribution in [2.24, 2.45) is 0 Å². The van der Waals surface area contributed by atoms with Gasteiger partial charge in [0.2, 0.25) is 0 Å². The van der Waals surface area contributed by atoms with Gasteiger partial charge >= 0.3 is 0 Å². The molecular weight excluding hydrogens is 230 g/mol. The van der Waals surface area contributed by atoms with Crippen molar-refractivity contribution in [2.45, 2.75) is 31.7 Å². The molecule has 1 rings (SSSR count). The van der Waals surface area contributed by atoms with Gasteiger partial charge in [-0.3, -0.25) is 4.90 Å². The molecule has 0 amide bonds. The van der Waals surface area contributed by atoms with Crippen molar-refractivity contribution in [3.05, 3.63) is 11.1 Å². The van der Waals surface area contributed by atoms with Crippen molar-refractivity contribution in [3.8, 4) is 0 Å². The van der Waals surface area contributed by atoms with E-state index in [9.17, 15) is 0 Å². The molecule has 0 aromatic carbocycles. The number of halogens is 1. The van der Waals surface area contributed by atoms with E-state index in [2.05, 4.69) is 27.4 Å². The lowest BCUT2D eigenvalue weighted by Crippen LogP contribution is -2.40. The van der Waals surface area contributed by atoms with Gasteiger partial charge in [0.05, 0.1) is 0 Å². The monoisotopic (exact) mass is 247 g/mol. The molecule has 1 heterocycles. The minimum atomic E-state index is 0.302. The third-order valence-electron chi connectivity index (χ3n) is 2.59. The lowest BCUT2D eigenvalue weighted by atomic mass is 10.00. The maximum absolute atomic E-state index is 8.91. The number of aliphatic hydroxyl groups excluding tert-OH is 1. The van der Waals surface area contributed by atoms with Crippen molar-refractivity contribution < 1.29 is 5.11 Å². The lowest BCUT2D eigenvalue weighted by Gasteiger charge is -2.35. The lowest BCUT2D eigenvalue weighted by molar-refractivity contribution is 0.131. The van der Waals surface area contributed by atoms with E-state index in [1.54, 1.807) is 0 Å². The second-order valence-electron chi connectivity index (χ2n) is 3.65. The molecule has 1 aliphatic rings. The third kappa shape index (κ3) is 3.79. The molecule has 0 aromatic heterocycles. The minimum absolute atomic E-state index is 0.302. The molecule has 1 atom stereocenters. The summed E-state index contributed by atoms with van der Waals surface area (Å²) in [6, 6.07) is 0.563. The molecule has 0 bridgehead atoms. The van der Waals surface area contributed by atoms with Crippen LogP contribution in [0.4, 0.5) is 0 Å². The van der Waals surface area contributed by atoms with Gasteiger partial charge < -0.3 is 5.11 Å². The molecular formula is C10H18BrNO. The summed E-state index contributed by atoms with van der Waals surface area (Å²) in [5.41, 5.74) is 0. The van der Waals surface area contributed by atoms with Gasteiger partial charge in [-0.1, -0.05) is 28.9 Å². The first-order chi connectivity index (χ1) is 6.24. The molecule has 76 valence electrons. The Balaban J connectivity index is 2.41. The van der Waals surface area contributed by atoms with E-state index < -0.39 is 0 Å². The second kappa shape index (κ2) is 5.78. The average molecular weight is 248 g/mol. The van der Waals surface area contributed by atoms with E-state index in [1.165, 1.54) is 19.3 Å². The minimum Gasteiger partial charge on any atom is -0.396 e. The summed E-state index contributed by atoms with van der Waals surface area (Å²) in [6.07, 6.45) is 4.71. The van der Waals surface area contributed by atoms with Gasteiger partial charge in [-0.25, -0.2) is 0 Å². The van der Waals surface area contributed by atoms with Crippen LogP contribution in [0.5, 0.6) is 0 Å². The van der Waals surface area contributed by atoms with Crippen molar-refractivity contribution in [2.75, 3.05) is 19.7 Å². The van der Waals surface area contributed by atoms with Crippen molar-refractivity contribution >= 4 is 15.9 Å². The van der Waals surface area contributed by atoms with Gasteiger partial charge in [0, 0.05) is 23.7 Å². The first-order valence-electron chi connectivity index (χ1n) is 4.92. The molecule has 0 saturated carbocycles. The molecule has 1 unspecified atom stereocenters. The van der Waals surface area contributed by atoms with Crippen LogP contribution in [0.2, 0.25) is 0 Å². The SMILES string of the molecule is C=C(Br)CN1CCCCC1CCO. The first kappa shape index (κ1) is 11.2. The number of hydrogen-bond acceptors (Lipinski definition) is 2. The van der Waals surface area contributed by atoms with Crippen LogP contribution in [0.3, 0.4) is 0 Å². The topological polar surface area (TPSA) is 23.5 Å². The van der Waals surface area contributed by atoms with Crippen molar-refractivity contribution in [3.63, 3.8) is 0 Å². The van der Waals surface area contributed by atoms with Gasteiger partial charge in [0.25, 0.3) is 0 Å². The quantitative estimate of drug-likeness (QED) is 0.823. The van der Waals surface area contributed by atoms with Crippen LogP contribution in [-0.2, 0) is 0 Å². The highest BCUT2D eigenvalue weighted by Crippen LogP contribution is 2.21. The number of hydrogen-bond donors (Lipinski definition) is 1. The molecule has 2 nitrogen and oxygen atoms in total. The summed E-state index contributed by atoms with van der Waals surface area (Å²) in [5, 5.41) is 8.91. The van der Waals surface area contributed by atoms with Crippen LogP contribution in [0.1, 0.15) is 25.7 Å². The number of piperidine rings is 1. The summed E-state index contributed by atoms with van der Waals surface area (Å²) in [6.45, 7) is 6.23. The normalized spacial score (nSPS) is 24.6. The summed E-state index contributed by atoms with van der Waals surface area (Å²) >= 11 is 3.39. The van der Waals surface area contributed by atoms with E-state index in [0.717, 1.165) is 24.0 Å². The van der Waals surface area contributed by atoms with E-state index >= 15 is 0 Å². The number of nitrogens with zero attached hydrogens (tertiary/aromatic N) is 1. The molecule has 1 saturated heterocycles. The van der Waals surface area contributed by atoms with Crippen molar-refractivity contribution in [1.82, 2.24) is 4.90 Å². The Morgan fingerprint density at radius 2 is 2.31 bits per heavy atom. The van der Waals surface area contributed by atoms with E-state index in [-0.39, 0.29) is 0 Å².